The first kappa shape index (κ1) is 15.0. The molecule has 0 spiro atoms. The van der Waals surface area contributed by atoms with Crippen molar-refractivity contribution >= 4 is 22.4 Å². The van der Waals surface area contributed by atoms with Gasteiger partial charge in [-0.2, -0.15) is 13.2 Å². The lowest BCUT2D eigenvalue weighted by atomic mass is 9.97. The van der Waals surface area contributed by atoms with Gasteiger partial charge < -0.3 is 10.2 Å². The molecule has 1 unspecified atom stereocenters. The molecule has 1 aliphatic rings. The Morgan fingerprint density at radius 2 is 2.25 bits per heavy atom. The van der Waals surface area contributed by atoms with Crippen molar-refractivity contribution in [2.45, 2.75) is 25.9 Å². The van der Waals surface area contributed by atoms with Crippen LogP contribution in [0.15, 0.2) is 0 Å². The fourth-order valence-electron chi connectivity index (χ4n) is 2.10. The molecule has 0 radical (unpaired) electrons. The molecule has 1 N–H and O–H groups in total. The van der Waals surface area contributed by atoms with Gasteiger partial charge in [0, 0.05) is 19.6 Å². The molecule has 1 fully saturated rings. The van der Waals surface area contributed by atoms with Crippen LogP contribution in [-0.4, -0.2) is 46.8 Å². The molecule has 1 amide bonds. The van der Waals surface area contributed by atoms with Crippen molar-refractivity contribution in [2.75, 3.05) is 25.0 Å². The number of hydrogen-bond donors (Lipinski definition) is 1. The number of nitrogens with zero attached hydrogens (tertiary/aromatic N) is 3. The van der Waals surface area contributed by atoms with E-state index in [-0.39, 0.29) is 18.0 Å². The van der Waals surface area contributed by atoms with Crippen molar-refractivity contribution in [3.8, 4) is 0 Å². The lowest BCUT2D eigenvalue weighted by Gasteiger charge is -2.33. The van der Waals surface area contributed by atoms with Crippen LogP contribution in [0.1, 0.15) is 29.6 Å². The first-order valence-corrected chi connectivity index (χ1v) is 7.16. The first-order valence-electron chi connectivity index (χ1n) is 6.35. The molecule has 0 saturated carbocycles. The number of anilines is 1. The van der Waals surface area contributed by atoms with E-state index >= 15 is 0 Å². The van der Waals surface area contributed by atoms with Gasteiger partial charge in [-0.3, -0.25) is 4.79 Å². The third-order valence-corrected chi connectivity index (χ3v) is 3.98. The monoisotopic (exact) mass is 308 g/mol. The molecule has 1 saturated heterocycles. The Kier molecular flexibility index (Phi) is 4.46. The van der Waals surface area contributed by atoms with Crippen molar-refractivity contribution in [1.82, 2.24) is 15.1 Å². The van der Waals surface area contributed by atoms with E-state index in [9.17, 15) is 18.0 Å². The second-order valence-electron chi connectivity index (χ2n) is 4.57. The van der Waals surface area contributed by atoms with Gasteiger partial charge in [0.2, 0.25) is 10.1 Å². The average molecular weight is 308 g/mol. The smallest absolute Gasteiger partial charge is 0.360 e. The summed E-state index contributed by atoms with van der Waals surface area (Å²) in [7, 11) is 0. The quantitative estimate of drug-likeness (QED) is 0.931. The summed E-state index contributed by atoms with van der Waals surface area (Å²) >= 11 is 1.06. The predicted molar refractivity (Wildman–Crippen MR) is 68.8 cm³/mol. The summed E-state index contributed by atoms with van der Waals surface area (Å²) < 4.78 is 38.1. The molecule has 20 heavy (non-hydrogen) atoms. The maximum absolute atomic E-state index is 12.7. The van der Waals surface area contributed by atoms with Crippen LogP contribution in [0.4, 0.5) is 18.3 Å². The second kappa shape index (κ2) is 5.94. The Labute approximate surface area is 118 Å². The first-order chi connectivity index (χ1) is 9.41. The van der Waals surface area contributed by atoms with Gasteiger partial charge in [0.05, 0.1) is 5.92 Å². The number of carbonyl (C=O) groups is 1. The third kappa shape index (κ3) is 3.38. The summed E-state index contributed by atoms with van der Waals surface area (Å²) in [6, 6.07) is 0. The second-order valence-corrected chi connectivity index (χ2v) is 5.55. The summed E-state index contributed by atoms with van der Waals surface area (Å²) in [5.74, 6) is -1.91. The summed E-state index contributed by atoms with van der Waals surface area (Å²) in [4.78, 5) is 13.3. The molecule has 1 aromatic rings. The molecule has 2 heterocycles. The standard InChI is InChI=1S/C11H15F3N4OS/c1-2-15-10-17-16-8(20-10)9(19)18-5-3-4-7(6-18)11(12,13)14/h7H,2-6H2,1H3,(H,15,17). The zero-order valence-corrected chi connectivity index (χ0v) is 11.7. The zero-order chi connectivity index (χ0) is 14.8. The lowest BCUT2D eigenvalue weighted by Crippen LogP contribution is -2.44. The molecule has 0 aliphatic carbocycles. The molecule has 9 heteroatoms. The molecule has 112 valence electrons. The van der Waals surface area contributed by atoms with Crippen LogP contribution in [0.25, 0.3) is 0 Å². The zero-order valence-electron chi connectivity index (χ0n) is 10.9. The van der Waals surface area contributed by atoms with E-state index in [1.807, 2.05) is 6.92 Å². The fourth-order valence-corrected chi connectivity index (χ4v) is 2.88. The van der Waals surface area contributed by atoms with Crippen LogP contribution in [0.5, 0.6) is 0 Å². The summed E-state index contributed by atoms with van der Waals surface area (Å²) in [5, 5.41) is 11.0. The molecule has 5 nitrogen and oxygen atoms in total. The van der Waals surface area contributed by atoms with Crippen LogP contribution < -0.4 is 5.32 Å². The van der Waals surface area contributed by atoms with Crippen molar-refractivity contribution in [3.63, 3.8) is 0 Å². The van der Waals surface area contributed by atoms with Gasteiger partial charge in [-0.1, -0.05) is 11.3 Å². The van der Waals surface area contributed by atoms with Gasteiger partial charge in [0.25, 0.3) is 5.91 Å². The van der Waals surface area contributed by atoms with Gasteiger partial charge in [0.15, 0.2) is 0 Å². The molecular weight excluding hydrogens is 293 g/mol. The maximum Gasteiger partial charge on any atom is 0.393 e. The van der Waals surface area contributed by atoms with Crippen molar-refractivity contribution in [1.29, 1.82) is 0 Å². The van der Waals surface area contributed by atoms with Gasteiger partial charge in [-0.25, -0.2) is 0 Å². The van der Waals surface area contributed by atoms with Crippen LogP contribution >= 0.6 is 11.3 Å². The van der Waals surface area contributed by atoms with Gasteiger partial charge in [0.1, 0.15) is 0 Å². The molecule has 1 atom stereocenters. The topological polar surface area (TPSA) is 58.1 Å². The largest absolute Gasteiger partial charge is 0.393 e. The van der Waals surface area contributed by atoms with Crippen LogP contribution in [0.3, 0.4) is 0 Å². The Morgan fingerprint density at radius 3 is 2.90 bits per heavy atom. The fraction of sp³-hybridized carbons (Fsp3) is 0.727. The van der Waals surface area contributed by atoms with Crippen molar-refractivity contribution in [2.24, 2.45) is 5.92 Å². The molecule has 0 aromatic carbocycles. The summed E-state index contributed by atoms with van der Waals surface area (Å²) in [6.07, 6.45) is -3.82. The number of carbonyl (C=O) groups excluding carboxylic acids is 1. The number of nitrogens with one attached hydrogen (secondary N) is 1. The number of aromatic nitrogens is 2. The summed E-state index contributed by atoms with van der Waals surface area (Å²) in [6.45, 7) is 2.56. The van der Waals surface area contributed by atoms with E-state index in [1.54, 1.807) is 0 Å². The Balaban J connectivity index is 2.04. The van der Waals surface area contributed by atoms with Gasteiger partial charge in [-0.05, 0) is 19.8 Å². The minimum absolute atomic E-state index is 0.0754. The minimum Gasteiger partial charge on any atom is -0.360 e. The number of alkyl halides is 3. The van der Waals surface area contributed by atoms with E-state index in [0.717, 1.165) is 11.3 Å². The van der Waals surface area contributed by atoms with Crippen LogP contribution in [0, 0.1) is 5.92 Å². The number of halogens is 3. The van der Waals surface area contributed by atoms with E-state index in [2.05, 4.69) is 15.5 Å². The van der Waals surface area contributed by atoms with E-state index in [4.69, 9.17) is 0 Å². The van der Waals surface area contributed by atoms with E-state index in [0.29, 0.717) is 24.6 Å². The molecule has 1 aromatic heterocycles. The highest BCUT2D eigenvalue weighted by Crippen LogP contribution is 2.33. The number of rotatable bonds is 3. The Hall–Kier alpha value is -1.38. The SMILES string of the molecule is CCNc1nnc(C(=O)N2CCCC(C(F)(F)F)C2)s1. The van der Waals surface area contributed by atoms with Crippen molar-refractivity contribution in [3.05, 3.63) is 5.01 Å². The van der Waals surface area contributed by atoms with Crippen LogP contribution in [0.2, 0.25) is 0 Å². The summed E-state index contributed by atoms with van der Waals surface area (Å²) in [5.41, 5.74) is 0. The van der Waals surface area contributed by atoms with Gasteiger partial charge in [-0.15, -0.1) is 10.2 Å². The lowest BCUT2D eigenvalue weighted by molar-refractivity contribution is -0.184. The highest BCUT2D eigenvalue weighted by molar-refractivity contribution is 7.17. The highest BCUT2D eigenvalue weighted by atomic mass is 32.1. The number of hydrogen-bond acceptors (Lipinski definition) is 5. The Bertz CT molecular complexity index is 476. The highest BCUT2D eigenvalue weighted by Gasteiger charge is 2.43. The predicted octanol–water partition coefficient (Wildman–Crippen LogP) is 2.38. The Morgan fingerprint density at radius 1 is 1.50 bits per heavy atom. The molecule has 0 bridgehead atoms. The minimum atomic E-state index is -4.25. The van der Waals surface area contributed by atoms with Gasteiger partial charge >= 0.3 is 6.18 Å². The third-order valence-electron chi connectivity index (χ3n) is 3.11. The van der Waals surface area contributed by atoms with E-state index < -0.39 is 18.0 Å². The average Bonchev–Trinajstić information content (AvgIpc) is 2.86. The number of piperidine rings is 1. The normalized spacial score (nSPS) is 20.0. The van der Waals surface area contributed by atoms with Crippen LogP contribution in [-0.2, 0) is 0 Å². The molecular formula is C11H15F3N4OS. The maximum atomic E-state index is 12.7. The molecule has 1 aliphatic heterocycles. The molecule has 2 rings (SSSR count). The van der Waals surface area contributed by atoms with Crippen molar-refractivity contribution < 1.29 is 18.0 Å². The van der Waals surface area contributed by atoms with E-state index in [1.165, 1.54) is 4.90 Å². The number of likely N-dealkylation sites (tertiary alicyclic amines) is 1. The number of amides is 1.